The Labute approximate surface area is 95.7 Å². The van der Waals surface area contributed by atoms with Crippen LogP contribution in [0.3, 0.4) is 0 Å². The zero-order chi connectivity index (χ0) is 12.3. The van der Waals surface area contributed by atoms with Crippen LogP contribution in [0.4, 0.5) is 0 Å². The zero-order valence-electron chi connectivity index (χ0n) is 10.4. The van der Waals surface area contributed by atoms with Crippen molar-refractivity contribution >= 4 is 0 Å². The first-order chi connectivity index (χ1) is 7.28. The molecule has 0 aliphatic heterocycles. The molecule has 1 heterocycles. The number of aliphatic hydroxyl groups is 1. The predicted octanol–water partition coefficient (Wildman–Crippen LogP) is 1.28. The summed E-state index contributed by atoms with van der Waals surface area (Å²) in [7, 11) is 0. The molecule has 4 nitrogen and oxygen atoms in total. The summed E-state index contributed by atoms with van der Waals surface area (Å²) in [5.74, 6) is 0.411. The SMILES string of the molecule is CC(C)Cc1ncc(CC(C)(C)O)[nH]c1=O. The first-order valence-electron chi connectivity index (χ1n) is 5.57. The maximum atomic E-state index is 11.7. The molecule has 1 rings (SSSR count). The molecule has 0 fully saturated rings. The van der Waals surface area contributed by atoms with E-state index in [9.17, 15) is 9.90 Å². The molecule has 0 aromatic carbocycles. The lowest BCUT2D eigenvalue weighted by Gasteiger charge is -2.16. The minimum atomic E-state index is -0.829. The molecular weight excluding hydrogens is 204 g/mol. The van der Waals surface area contributed by atoms with Gasteiger partial charge in [-0.3, -0.25) is 9.78 Å². The van der Waals surface area contributed by atoms with Crippen molar-refractivity contribution in [2.45, 2.75) is 46.1 Å². The minimum absolute atomic E-state index is 0.143. The van der Waals surface area contributed by atoms with Crippen LogP contribution in [0, 0.1) is 5.92 Å². The van der Waals surface area contributed by atoms with Gasteiger partial charge in [0.05, 0.1) is 5.60 Å². The van der Waals surface area contributed by atoms with Crippen molar-refractivity contribution in [1.82, 2.24) is 9.97 Å². The van der Waals surface area contributed by atoms with Gasteiger partial charge in [0.2, 0.25) is 0 Å². The Balaban J connectivity index is 2.87. The lowest BCUT2D eigenvalue weighted by molar-refractivity contribution is 0.0798. The summed E-state index contributed by atoms with van der Waals surface area (Å²) >= 11 is 0. The summed E-state index contributed by atoms with van der Waals surface area (Å²) < 4.78 is 0. The molecule has 0 radical (unpaired) electrons. The third-order valence-electron chi connectivity index (χ3n) is 2.14. The quantitative estimate of drug-likeness (QED) is 0.809. The number of hydrogen-bond acceptors (Lipinski definition) is 3. The molecular formula is C12H20N2O2. The number of nitrogens with zero attached hydrogens (tertiary/aromatic N) is 1. The molecule has 0 aliphatic rings. The molecule has 16 heavy (non-hydrogen) atoms. The fourth-order valence-corrected chi connectivity index (χ4v) is 1.55. The van der Waals surface area contributed by atoms with Gasteiger partial charge in [-0.2, -0.15) is 0 Å². The summed E-state index contributed by atoms with van der Waals surface area (Å²) in [6.07, 6.45) is 2.71. The second kappa shape index (κ2) is 4.78. The third-order valence-corrected chi connectivity index (χ3v) is 2.14. The van der Waals surface area contributed by atoms with Crippen molar-refractivity contribution < 1.29 is 5.11 Å². The van der Waals surface area contributed by atoms with Crippen LogP contribution in [0.1, 0.15) is 39.1 Å². The summed E-state index contributed by atoms with van der Waals surface area (Å²) in [6, 6.07) is 0. The molecule has 0 aliphatic carbocycles. The van der Waals surface area contributed by atoms with E-state index in [1.165, 1.54) is 0 Å². The van der Waals surface area contributed by atoms with E-state index < -0.39 is 5.60 Å². The van der Waals surface area contributed by atoms with Crippen molar-refractivity contribution in [2.24, 2.45) is 5.92 Å². The van der Waals surface area contributed by atoms with E-state index in [2.05, 4.69) is 9.97 Å². The van der Waals surface area contributed by atoms with Gasteiger partial charge in [-0.05, 0) is 26.2 Å². The van der Waals surface area contributed by atoms with Gasteiger partial charge in [-0.25, -0.2) is 0 Å². The molecule has 0 amide bonds. The minimum Gasteiger partial charge on any atom is -0.390 e. The molecule has 0 bridgehead atoms. The number of aromatic nitrogens is 2. The van der Waals surface area contributed by atoms with Crippen molar-refractivity contribution in [3.05, 3.63) is 27.9 Å². The van der Waals surface area contributed by atoms with E-state index in [4.69, 9.17) is 0 Å². The van der Waals surface area contributed by atoms with E-state index in [-0.39, 0.29) is 5.56 Å². The average molecular weight is 224 g/mol. The summed E-state index contributed by atoms with van der Waals surface area (Å²) in [6.45, 7) is 7.50. The highest BCUT2D eigenvalue weighted by atomic mass is 16.3. The van der Waals surface area contributed by atoms with E-state index in [1.807, 2.05) is 13.8 Å². The highest BCUT2D eigenvalue weighted by Crippen LogP contribution is 2.08. The lowest BCUT2D eigenvalue weighted by atomic mass is 10.0. The largest absolute Gasteiger partial charge is 0.390 e. The van der Waals surface area contributed by atoms with E-state index in [1.54, 1.807) is 20.0 Å². The molecule has 90 valence electrons. The Hall–Kier alpha value is -1.16. The second-order valence-electron chi connectivity index (χ2n) is 5.27. The molecule has 4 heteroatoms. The van der Waals surface area contributed by atoms with E-state index in [0.29, 0.717) is 30.1 Å². The molecule has 2 N–H and O–H groups in total. The molecule has 1 aromatic rings. The summed E-state index contributed by atoms with van der Waals surface area (Å²) in [5, 5.41) is 9.63. The first-order valence-corrected chi connectivity index (χ1v) is 5.57. The standard InChI is InChI=1S/C12H20N2O2/c1-8(2)5-10-11(15)14-9(7-13-10)6-12(3,4)16/h7-8,16H,5-6H2,1-4H3,(H,14,15). The molecule has 0 atom stereocenters. The fraction of sp³-hybridized carbons (Fsp3) is 0.667. The van der Waals surface area contributed by atoms with E-state index >= 15 is 0 Å². The zero-order valence-corrected chi connectivity index (χ0v) is 10.4. The van der Waals surface area contributed by atoms with Crippen LogP contribution in [0.25, 0.3) is 0 Å². The van der Waals surface area contributed by atoms with Crippen molar-refractivity contribution in [3.8, 4) is 0 Å². The maximum Gasteiger partial charge on any atom is 0.269 e. The molecule has 0 unspecified atom stereocenters. The van der Waals surface area contributed by atoms with Gasteiger partial charge in [0.1, 0.15) is 5.69 Å². The topological polar surface area (TPSA) is 66.0 Å². The van der Waals surface area contributed by atoms with Crippen LogP contribution in [0.2, 0.25) is 0 Å². The number of nitrogens with one attached hydrogen (secondary N) is 1. The number of aromatic amines is 1. The van der Waals surface area contributed by atoms with Gasteiger partial charge in [0, 0.05) is 18.3 Å². The highest BCUT2D eigenvalue weighted by Gasteiger charge is 2.15. The number of hydrogen-bond donors (Lipinski definition) is 2. The van der Waals surface area contributed by atoms with Crippen LogP contribution in [-0.2, 0) is 12.8 Å². The van der Waals surface area contributed by atoms with Crippen LogP contribution in [0.5, 0.6) is 0 Å². The van der Waals surface area contributed by atoms with Crippen LogP contribution in [-0.4, -0.2) is 20.7 Å². The number of rotatable bonds is 4. The fourth-order valence-electron chi connectivity index (χ4n) is 1.55. The first kappa shape index (κ1) is 12.9. The Morgan fingerprint density at radius 2 is 2.12 bits per heavy atom. The van der Waals surface area contributed by atoms with Crippen molar-refractivity contribution in [1.29, 1.82) is 0 Å². The van der Waals surface area contributed by atoms with Crippen LogP contribution < -0.4 is 5.56 Å². The van der Waals surface area contributed by atoms with Gasteiger partial charge in [0.15, 0.2) is 0 Å². The molecule has 0 saturated carbocycles. The number of H-pyrrole nitrogens is 1. The predicted molar refractivity (Wildman–Crippen MR) is 63.4 cm³/mol. The van der Waals surface area contributed by atoms with Crippen LogP contribution >= 0.6 is 0 Å². The monoisotopic (exact) mass is 224 g/mol. The van der Waals surface area contributed by atoms with Crippen molar-refractivity contribution in [2.75, 3.05) is 0 Å². The van der Waals surface area contributed by atoms with Gasteiger partial charge in [-0.1, -0.05) is 13.8 Å². The summed E-state index contributed by atoms with van der Waals surface area (Å²) in [4.78, 5) is 18.6. The highest BCUT2D eigenvalue weighted by molar-refractivity contribution is 5.05. The van der Waals surface area contributed by atoms with Crippen LogP contribution in [0.15, 0.2) is 11.0 Å². The average Bonchev–Trinajstić information content (AvgIpc) is 2.06. The van der Waals surface area contributed by atoms with Crippen molar-refractivity contribution in [3.63, 3.8) is 0 Å². The Morgan fingerprint density at radius 3 is 2.56 bits per heavy atom. The Bertz CT molecular complexity index is 402. The molecule has 0 spiro atoms. The van der Waals surface area contributed by atoms with Gasteiger partial charge >= 0.3 is 0 Å². The Morgan fingerprint density at radius 1 is 1.50 bits per heavy atom. The summed E-state index contributed by atoms with van der Waals surface area (Å²) in [5.41, 5.74) is 0.263. The Kier molecular flexibility index (Phi) is 3.86. The van der Waals surface area contributed by atoms with E-state index in [0.717, 1.165) is 0 Å². The maximum absolute atomic E-state index is 11.7. The third kappa shape index (κ3) is 4.14. The second-order valence-corrected chi connectivity index (χ2v) is 5.27. The molecule has 1 aromatic heterocycles. The molecule has 0 saturated heterocycles. The van der Waals surface area contributed by atoms with Gasteiger partial charge in [0.25, 0.3) is 5.56 Å². The smallest absolute Gasteiger partial charge is 0.269 e. The van der Waals surface area contributed by atoms with Gasteiger partial charge < -0.3 is 10.1 Å². The normalized spacial score (nSPS) is 12.1. The lowest BCUT2D eigenvalue weighted by Crippen LogP contribution is -2.26. The van der Waals surface area contributed by atoms with Gasteiger partial charge in [-0.15, -0.1) is 0 Å².